The van der Waals surface area contributed by atoms with Crippen LogP contribution in [-0.4, -0.2) is 33.8 Å². The number of nitrogens with one attached hydrogen (secondary N) is 1. The van der Waals surface area contributed by atoms with E-state index in [0.717, 1.165) is 0 Å². The predicted molar refractivity (Wildman–Crippen MR) is 71.0 cm³/mol. The molecule has 0 saturated heterocycles. The first-order valence-electron chi connectivity index (χ1n) is 5.59. The van der Waals surface area contributed by atoms with Gasteiger partial charge in [0, 0.05) is 11.8 Å². The fourth-order valence-corrected chi connectivity index (χ4v) is 1.97. The third-order valence-corrected chi connectivity index (χ3v) is 2.83. The zero-order valence-electron chi connectivity index (χ0n) is 11.0. The Bertz CT molecular complexity index is 467. The van der Waals surface area contributed by atoms with Gasteiger partial charge in [0.05, 0.1) is 5.01 Å². The molecule has 0 aliphatic carbocycles. The number of alkyl carbamates (subject to hydrolysis) is 1. The number of nitrogen functional groups attached to an aromatic ring is 1. The summed E-state index contributed by atoms with van der Waals surface area (Å²) in [6.45, 7) is 5.09. The molecule has 0 aliphatic rings. The van der Waals surface area contributed by atoms with Crippen molar-refractivity contribution in [3.05, 3.63) is 10.4 Å². The van der Waals surface area contributed by atoms with Gasteiger partial charge in [0.2, 0.25) is 0 Å². The lowest BCUT2D eigenvalue weighted by Gasteiger charge is -2.21. The van der Waals surface area contributed by atoms with Gasteiger partial charge in [0.1, 0.15) is 17.5 Å². The van der Waals surface area contributed by atoms with Crippen LogP contribution in [0.5, 0.6) is 0 Å². The number of aromatic nitrogens is 1. The van der Waals surface area contributed by atoms with E-state index in [0.29, 0.717) is 10.8 Å². The Morgan fingerprint density at radius 3 is 2.63 bits per heavy atom. The summed E-state index contributed by atoms with van der Waals surface area (Å²) in [5, 5.41) is 13.5. The van der Waals surface area contributed by atoms with Crippen LogP contribution in [0.15, 0.2) is 5.38 Å². The Hall–Kier alpha value is -1.83. The minimum Gasteiger partial charge on any atom is -0.480 e. The number of rotatable bonds is 4. The molecule has 1 rings (SSSR count). The smallest absolute Gasteiger partial charge is 0.408 e. The number of amides is 1. The van der Waals surface area contributed by atoms with Crippen molar-refractivity contribution in [1.29, 1.82) is 0 Å². The fourth-order valence-electron chi connectivity index (χ4n) is 1.24. The van der Waals surface area contributed by atoms with Crippen molar-refractivity contribution in [3.8, 4) is 0 Å². The van der Waals surface area contributed by atoms with Gasteiger partial charge in [-0.2, -0.15) is 0 Å². The van der Waals surface area contributed by atoms with Gasteiger partial charge >= 0.3 is 12.1 Å². The average molecular weight is 287 g/mol. The first-order chi connectivity index (χ1) is 8.67. The van der Waals surface area contributed by atoms with Crippen molar-refractivity contribution < 1.29 is 19.4 Å². The van der Waals surface area contributed by atoms with Crippen molar-refractivity contribution in [1.82, 2.24) is 10.3 Å². The second kappa shape index (κ2) is 5.87. The van der Waals surface area contributed by atoms with E-state index < -0.39 is 23.7 Å². The van der Waals surface area contributed by atoms with E-state index in [-0.39, 0.29) is 6.42 Å². The first-order valence-corrected chi connectivity index (χ1v) is 6.47. The van der Waals surface area contributed by atoms with E-state index in [1.807, 2.05) is 0 Å². The normalized spacial score (nSPS) is 12.8. The second-order valence-electron chi connectivity index (χ2n) is 4.91. The molecule has 0 aromatic carbocycles. The maximum atomic E-state index is 11.5. The van der Waals surface area contributed by atoms with Crippen LogP contribution < -0.4 is 11.1 Å². The fraction of sp³-hybridized carbons (Fsp3) is 0.545. The molecule has 4 N–H and O–H groups in total. The van der Waals surface area contributed by atoms with E-state index in [9.17, 15) is 9.59 Å². The minimum atomic E-state index is -1.15. The summed E-state index contributed by atoms with van der Waals surface area (Å²) in [5.74, 6) is -0.818. The average Bonchev–Trinajstić information content (AvgIpc) is 2.60. The van der Waals surface area contributed by atoms with Gasteiger partial charge in [-0.3, -0.25) is 0 Å². The lowest BCUT2D eigenvalue weighted by atomic mass is 10.2. The van der Waals surface area contributed by atoms with Crippen molar-refractivity contribution in [2.45, 2.75) is 38.8 Å². The Labute approximate surface area is 114 Å². The summed E-state index contributed by atoms with van der Waals surface area (Å²) < 4.78 is 5.01. The largest absolute Gasteiger partial charge is 0.480 e. The van der Waals surface area contributed by atoms with E-state index in [1.165, 1.54) is 11.3 Å². The molecule has 0 fully saturated rings. The number of carboxylic acid groups (broad SMARTS) is 1. The summed E-state index contributed by atoms with van der Waals surface area (Å²) >= 11 is 1.24. The van der Waals surface area contributed by atoms with Gasteiger partial charge in [-0.25, -0.2) is 14.6 Å². The highest BCUT2D eigenvalue weighted by Crippen LogP contribution is 2.13. The highest BCUT2D eigenvalue weighted by molar-refractivity contribution is 7.10. The molecule has 7 nitrogen and oxygen atoms in total. The predicted octanol–water partition coefficient (Wildman–Crippen LogP) is 1.25. The number of carboxylic acids is 1. The van der Waals surface area contributed by atoms with Crippen LogP contribution >= 0.6 is 11.3 Å². The van der Waals surface area contributed by atoms with Gasteiger partial charge in [0.25, 0.3) is 0 Å². The number of carbonyl (C=O) groups is 2. The highest BCUT2D eigenvalue weighted by atomic mass is 32.1. The molecule has 0 saturated carbocycles. The van der Waals surface area contributed by atoms with Crippen LogP contribution in [0.2, 0.25) is 0 Å². The number of thiazole rings is 1. The summed E-state index contributed by atoms with van der Waals surface area (Å²) in [4.78, 5) is 26.6. The number of ether oxygens (including phenoxy) is 1. The van der Waals surface area contributed by atoms with Crippen molar-refractivity contribution in [3.63, 3.8) is 0 Å². The lowest BCUT2D eigenvalue weighted by molar-refractivity contribution is -0.139. The van der Waals surface area contributed by atoms with Gasteiger partial charge in [-0.15, -0.1) is 11.3 Å². The van der Waals surface area contributed by atoms with Crippen LogP contribution in [-0.2, 0) is 16.0 Å². The van der Waals surface area contributed by atoms with Crippen molar-refractivity contribution in [2.75, 3.05) is 5.73 Å². The molecule has 1 amide bonds. The van der Waals surface area contributed by atoms with Gasteiger partial charge in [0.15, 0.2) is 0 Å². The molecule has 106 valence electrons. The zero-order chi connectivity index (χ0) is 14.6. The van der Waals surface area contributed by atoms with Crippen LogP contribution in [0, 0.1) is 0 Å². The van der Waals surface area contributed by atoms with Crippen LogP contribution in [0.25, 0.3) is 0 Å². The van der Waals surface area contributed by atoms with Gasteiger partial charge < -0.3 is 20.9 Å². The molecule has 0 aliphatic heterocycles. The van der Waals surface area contributed by atoms with E-state index in [1.54, 1.807) is 26.2 Å². The molecular weight excluding hydrogens is 270 g/mol. The Morgan fingerprint density at radius 2 is 2.21 bits per heavy atom. The van der Waals surface area contributed by atoms with Gasteiger partial charge in [-0.1, -0.05) is 0 Å². The monoisotopic (exact) mass is 287 g/mol. The maximum Gasteiger partial charge on any atom is 0.408 e. The molecule has 1 aromatic rings. The Balaban J connectivity index is 2.63. The van der Waals surface area contributed by atoms with Crippen LogP contribution in [0.4, 0.5) is 10.6 Å². The summed E-state index contributed by atoms with van der Waals surface area (Å²) in [6.07, 6.45) is -0.708. The number of nitrogens with two attached hydrogens (primary N) is 1. The Kier molecular flexibility index (Phi) is 4.71. The standard InChI is InChI=1S/C11H17N3O4S/c1-11(2,3)18-10(17)13-6(9(15)16)4-8-14-7(12)5-19-8/h5-6H,4,12H2,1-3H3,(H,13,17)(H,15,16). The molecule has 1 aromatic heterocycles. The zero-order valence-corrected chi connectivity index (χ0v) is 11.8. The van der Waals surface area contributed by atoms with E-state index in [2.05, 4.69) is 10.3 Å². The summed E-state index contributed by atoms with van der Waals surface area (Å²) in [7, 11) is 0. The number of nitrogens with zero attached hydrogens (tertiary/aromatic N) is 1. The molecule has 19 heavy (non-hydrogen) atoms. The van der Waals surface area contributed by atoms with E-state index >= 15 is 0 Å². The number of anilines is 1. The van der Waals surface area contributed by atoms with Gasteiger partial charge in [-0.05, 0) is 20.8 Å². The third kappa shape index (κ3) is 5.56. The quantitative estimate of drug-likeness (QED) is 0.767. The SMILES string of the molecule is CC(C)(C)OC(=O)NC(Cc1nc(N)cs1)C(=O)O. The molecular formula is C11H17N3O4S. The highest BCUT2D eigenvalue weighted by Gasteiger charge is 2.25. The first kappa shape index (κ1) is 15.2. The molecule has 1 heterocycles. The second-order valence-corrected chi connectivity index (χ2v) is 5.85. The van der Waals surface area contributed by atoms with Crippen molar-refractivity contribution >= 4 is 29.2 Å². The number of carbonyl (C=O) groups excluding carboxylic acids is 1. The number of hydrogen-bond acceptors (Lipinski definition) is 6. The summed E-state index contributed by atoms with van der Waals surface area (Å²) in [5.41, 5.74) is 4.77. The Morgan fingerprint density at radius 1 is 1.58 bits per heavy atom. The summed E-state index contributed by atoms with van der Waals surface area (Å²) in [6, 6.07) is -1.10. The molecule has 8 heteroatoms. The molecule has 0 radical (unpaired) electrons. The lowest BCUT2D eigenvalue weighted by Crippen LogP contribution is -2.44. The topological polar surface area (TPSA) is 115 Å². The maximum absolute atomic E-state index is 11.5. The minimum absolute atomic E-state index is 0.0659. The molecule has 1 atom stereocenters. The van der Waals surface area contributed by atoms with Crippen LogP contribution in [0.1, 0.15) is 25.8 Å². The third-order valence-electron chi connectivity index (χ3n) is 1.94. The number of aliphatic carboxylic acids is 1. The van der Waals surface area contributed by atoms with Crippen molar-refractivity contribution in [2.24, 2.45) is 0 Å². The van der Waals surface area contributed by atoms with E-state index in [4.69, 9.17) is 15.6 Å². The molecule has 0 spiro atoms. The number of hydrogen-bond donors (Lipinski definition) is 3. The molecule has 0 bridgehead atoms. The molecule has 1 unspecified atom stereocenters. The van der Waals surface area contributed by atoms with Crippen LogP contribution in [0.3, 0.4) is 0 Å².